The summed E-state index contributed by atoms with van der Waals surface area (Å²) >= 11 is 0. The summed E-state index contributed by atoms with van der Waals surface area (Å²) in [4.78, 5) is 7.17. The van der Waals surface area contributed by atoms with E-state index < -0.39 is 0 Å². The van der Waals surface area contributed by atoms with E-state index >= 15 is 0 Å². The summed E-state index contributed by atoms with van der Waals surface area (Å²) in [5.41, 5.74) is 6.50. The van der Waals surface area contributed by atoms with Crippen molar-refractivity contribution >= 4 is 22.1 Å². The van der Waals surface area contributed by atoms with Gasteiger partial charge in [0.25, 0.3) is 0 Å². The Labute approximate surface area is 180 Å². The maximum absolute atomic E-state index is 6.49. The highest BCUT2D eigenvalue weighted by Crippen LogP contribution is 2.43. The first-order valence-electron chi connectivity index (χ1n) is 11.0. The van der Waals surface area contributed by atoms with Crippen LogP contribution in [0.5, 0.6) is 0 Å². The summed E-state index contributed by atoms with van der Waals surface area (Å²) in [6, 6.07) is 8.72. The average Bonchev–Trinajstić information content (AvgIpc) is 2.99. The molecule has 3 nitrogen and oxygen atoms in total. The van der Waals surface area contributed by atoms with Gasteiger partial charge in [-0.1, -0.05) is 52.8 Å². The van der Waals surface area contributed by atoms with Crippen molar-refractivity contribution in [2.24, 2.45) is 11.3 Å². The number of hydrogen-bond donors (Lipinski definition) is 0. The molecule has 1 aliphatic heterocycles. The largest absolute Gasteiger partial charge is 0.437 e. The topological polar surface area (TPSA) is 29.3 Å². The smallest absolute Gasteiger partial charge is 0.227 e. The summed E-state index contributed by atoms with van der Waals surface area (Å²) in [5, 5.41) is 2.23. The van der Waals surface area contributed by atoms with E-state index in [0.717, 1.165) is 34.2 Å². The summed E-state index contributed by atoms with van der Waals surface area (Å²) < 4.78 is 6.49. The van der Waals surface area contributed by atoms with Crippen LogP contribution in [0.25, 0.3) is 22.1 Å². The fourth-order valence-corrected chi connectivity index (χ4v) is 4.56. The SMILES string of the molecule is Cc1ccc2c(oc3nc(CC(C)(C)C)ccc32)c1C1(C)C=C(C(C)C)C=CN1C. The first kappa shape index (κ1) is 20.7. The van der Waals surface area contributed by atoms with Gasteiger partial charge >= 0.3 is 0 Å². The first-order chi connectivity index (χ1) is 14.0. The van der Waals surface area contributed by atoms with E-state index in [9.17, 15) is 0 Å². The highest BCUT2D eigenvalue weighted by Gasteiger charge is 2.35. The monoisotopic (exact) mass is 402 g/mol. The van der Waals surface area contributed by atoms with Crippen LogP contribution in [0.15, 0.2) is 52.6 Å². The summed E-state index contributed by atoms with van der Waals surface area (Å²) in [5.74, 6) is 0.478. The first-order valence-corrected chi connectivity index (χ1v) is 11.0. The van der Waals surface area contributed by atoms with Gasteiger partial charge in [-0.15, -0.1) is 0 Å². The molecular weight excluding hydrogens is 368 g/mol. The van der Waals surface area contributed by atoms with Crippen LogP contribution in [0, 0.1) is 18.3 Å². The van der Waals surface area contributed by atoms with Crippen LogP contribution >= 0.6 is 0 Å². The molecule has 0 aliphatic carbocycles. The third-order valence-electron chi connectivity index (χ3n) is 6.33. The van der Waals surface area contributed by atoms with Crippen LogP contribution < -0.4 is 0 Å². The van der Waals surface area contributed by atoms with Crippen molar-refractivity contribution in [3.63, 3.8) is 0 Å². The number of furan rings is 1. The molecule has 0 fully saturated rings. The summed E-state index contributed by atoms with van der Waals surface area (Å²) in [6.07, 6.45) is 7.74. The van der Waals surface area contributed by atoms with Gasteiger partial charge < -0.3 is 9.32 Å². The molecule has 1 unspecified atom stereocenters. The minimum absolute atomic E-state index is 0.192. The van der Waals surface area contributed by atoms with Crippen molar-refractivity contribution in [2.45, 2.75) is 60.4 Å². The van der Waals surface area contributed by atoms with Gasteiger partial charge in [0.15, 0.2) is 0 Å². The van der Waals surface area contributed by atoms with Gasteiger partial charge in [-0.05, 0) is 60.9 Å². The molecule has 0 amide bonds. The van der Waals surface area contributed by atoms with E-state index in [0.29, 0.717) is 5.92 Å². The van der Waals surface area contributed by atoms with Crippen LogP contribution in [0.2, 0.25) is 0 Å². The van der Waals surface area contributed by atoms with Crippen molar-refractivity contribution in [2.75, 3.05) is 7.05 Å². The van der Waals surface area contributed by atoms with E-state index in [4.69, 9.17) is 9.40 Å². The van der Waals surface area contributed by atoms with E-state index in [1.165, 1.54) is 16.7 Å². The number of rotatable bonds is 3. The molecule has 0 radical (unpaired) electrons. The van der Waals surface area contributed by atoms with Gasteiger partial charge in [0, 0.05) is 35.3 Å². The minimum Gasteiger partial charge on any atom is -0.437 e. The van der Waals surface area contributed by atoms with Gasteiger partial charge in [-0.25, -0.2) is 4.98 Å². The van der Waals surface area contributed by atoms with Crippen molar-refractivity contribution in [1.82, 2.24) is 9.88 Å². The molecule has 3 aromatic rings. The average molecular weight is 403 g/mol. The molecule has 0 saturated heterocycles. The second-order valence-electron chi connectivity index (χ2n) is 10.5. The van der Waals surface area contributed by atoms with Crippen LogP contribution in [0.3, 0.4) is 0 Å². The zero-order chi connectivity index (χ0) is 21.8. The molecule has 30 heavy (non-hydrogen) atoms. The van der Waals surface area contributed by atoms with E-state index in [2.05, 4.69) is 103 Å². The van der Waals surface area contributed by atoms with Crippen LogP contribution in [0.1, 0.15) is 58.4 Å². The lowest BCUT2D eigenvalue weighted by atomic mass is 9.81. The molecule has 1 aliphatic rings. The van der Waals surface area contributed by atoms with Gasteiger partial charge in [0.2, 0.25) is 5.71 Å². The zero-order valence-corrected chi connectivity index (χ0v) is 19.6. The Balaban J connectivity index is 1.95. The molecule has 0 N–H and O–H groups in total. The fourth-order valence-electron chi connectivity index (χ4n) is 4.56. The van der Waals surface area contributed by atoms with Gasteiger partial charge in [-0.2, -0.15) is 0 Å². The normalized spacial score (nSPS) is 19.9. The summed E-state index contributed by atoms with van der Waals surface area (Å²) in [7, 11) is 2.14. The van der Waals surface area contributed by atoms with Crippen LogP contribution in [0.4, 0.5) is 0 Å². The zero-order valence-electron chi connectivity index (χ0n) is 19.6. The lowest BCUT2D eigenvalue weighted by molar-refractivity contribution is 0.257. The number of aromatic nitrogens is 1. The Kier molecular flexibility index (Phi) is 4.84. The molecule has 2 aromatic heterocycles. The van der Waals surface area contributed by atoms with Gasteiger partial charge in [-0.3, -0.25) is 0 Å². The Bertz CT molecular complexity index is 1170. The Morgan fingerprint density at radius 3 is 2.47 bits per heavy atom. The highest BCUT2D eigenvalue weighted by molar-refractivity contribution is 6.05. The van der Waals surface area contributed by atoms with E-state index in [1.807, 2.05) is 0 Å². The number of fused-ring (bicyclic) bond motifs is 3. The molecule has 3 heterocycles. The Morgan fingerprint density at radius 2 is 1.80 bits per heavy atom. The highest BCUT2D eigenvalue weighted by atomic mass is 16.3. The Hall–Kier alpha value is -2.55. The van der Waals surface area contributed by atoms with Crippen molar-refractivity contribution in [3.05, 3.63) is 65.0 Å². The van der Waals surface area contributed by atoms with Crippen molar-refractivity contribution in [1.29, 1.82) is 0 Å². The quantitative estimate of drug-likeness (QED) is 0.466. The maximum Gasteiger partial charge on any atom is 0.227 e. The number of allylic oxidation sites excluding steroid dienone is 2. The lowest BCUT2D eigenvalue weighted by Crippen LogP contribution is -2.39. The molecule has 1 atom stereocenters. The lowest BCUT2D eigenvalue weighted by Gasteiger charge is -2.40. The van der Waals surface area contributed by atoms with Crippen LogP contribution in [-0.4, -0.2) is 16.9 Å². The molecule has 4 rings (SSSR count). The third-order valence-corrected chi connectivity index (χ3v) is 6.33. The fraction of sp³-hybridized carbons (Fsp3) is 0.444. The molecule has 0 bridgehead atoms. The number of nitrogens with zero attached hydrogens (tertiary/aromatic N) is 2. The number of hydrogen-bond acceptors (Lipinski definition) is 3. The second-order valence-corrected chi connectivity index (χ2v) is 10.5. The number of aryl methyl sites for hydroxylation is 1. The molecule has 0 spiro atoms. The number of likely N-dealkylation sites (N-methyl/N-ethyl adjacent to an activating group) is 1. The van der Waals surface area contributed by atoms with Crippen molar-refractivity contribution in [3.8, 4) is 0 Å². The minimum atomic E-state index is -0.278. The number of benzene rings is 1. The van der Waals surface area contributed by atoms with E-state index in [1.54, 1.807) is 0 Å². The third kappa shape index (κ3) is 3.45. The number of pyridine rings is 1. The van der Waals surface area contributed by atoms with Crippen molar-refractivity contribution < 1.29 is 4.42 Å². The molecular formula is C27H34N2O. The Morgan fingerprint density at radius 1 is 1.10 bits per heavy atom. The molecule has 1 aromatic carbocycles. The predicted molar refractivity (Wildman–Crippen MR) is 127 cm³/mol. The van der Waals surface area contributed by atoms with Gasteiger partial charge in [0.1, 0.15) is 5.58 Å². The van der Waals surface area contributed by atoms with Crippen LogP contribution in [-0.2, 0) is 12.0 Å². The molecule has 0 saturated carbocycles. The molecule has 3 heteroatoms. The standard InChI is InChI=1S/C27H34N2O/c1-17(2)19-13-14-29(8)27(7,15-19)23-18(3)9-11-21-22-12-10-20(16-26(4,5)6)28-25(22)30-24(21)23/h9-15,17H,16H2,1-8H3. The molecule has 158 valence electrons. The summed E-state index contributed by atoms with van der Waals surface area (Å²) in [6.45, 7) is 15.7. The van der Waals surface area contributed by atoms with Gasteiger partial charge in [0.05, 0.1) is 5.54 Å². The predicted octanol–water partition coefficient (Wildman–Crippen LogP) is 7.13. The second kappa shape index (κ2) is 7.01. The maximum atomic E-state index is 6.49. The van der Waals surface area contributed by atoms with E-state index in [-0.39, 0.29) is 11.0 Å².